The van der Waals surface area contributed by atoms with Gasteiger partial charge in [0.2, 0.25) is 11.8 Å². The van der Waals surface area contributed by atoms with Gasteiger partial charge in [0.25, 0.3) is 0 Å². The molecule has 3 nitrogen and oxygen atoms in total. The summed E-state index contributed by atoms with van der Waals surface area (Å²) in [6.45, 7) is 7.42. The zero-order valence-corrected chi connectivity index (χ0v) is 8.63. The van der Waals surface area contributed by atoms with Gasteiger partial charge in [-0.25, -0.2) is 0 Å². The third-order valence-electron chi connectivity index (χ3n) is 1.40. The summed E-state index contributed by atoms with van der Waals surface area (Å²) >= 11 is 0. The van der Waals surface area contributed by atoms with Crippen LogP contribution in [0.1, 0.15) is 27.7 Å². The molecule has 0 saturated carbocycles. The average molecular weight is 183 g/mol. The van der Waals surface area contributed by atoms with E-state index in [-0.39, 0.29) is 17.7 Å². The second-order valence-electron chi connectivity index (χ2n) is 3.61. The monoisotopic (exact) mass is 183 g/mol. The van der Waals surface area contributed by atoms with Gasteiger partial charge in [0.05, 0.1) is 0 Å². The van der Waals surface area contributed by atoms with Crippen LogP contribution in [0.2, 0.25) is 0 Å². The van der Waals surface area contributed by atoms with E-state index in [0.29, 0.717) is 5.92 Å². The molecular weight excluding hydrogens is 166 g/mol. The number of rotatable bonds is 3. The fourth-order valence-electron chi connectivity index (χ4n) is 0.587. The van der Waals surface area contributed by atoms with E-state index in [0.717, 1.165) is 0 Å². The van der Waals surface area contributed by atoms with Crippen molar-refractivity contribution in [1.82, 2.24) is 5.32 Å². The van der Waals surface area contributed by atoms with Crippen molar-refractivity contribution in [3.05, 3.63) is 12.2 Å². The van der Waals surface area contributed by atoms with E-state index in [2.05, 4.69) is 5.32 Å². The highest BCUT2D eigenvalue weighted by molar-refractivity contribution is 6.01. The molecule has 1 N–H and O–H groups in total. The van der Waals surface area contributed by atoms with Crippen molar-refractivity contribution in [1.29, 1.82) is 0 Å². The molecule has 0 bridgehead atoms. The van der Waals surface area contributed by atoms with E-state index >= 15 is 0 Å². The Hall–Kier alpha value is -1.12. The number of carbonyl (C=O) groups excluding carboxylic acids is 2. The Morgan fingerprint density at radius 2 is 1.69 bits per heavy atom. The second-order valence-corrected chi connectivity index (χ2v) is 3.61. The van der Waals surface area contributed by atoms with Crippen molar-refractivity contribution in [2.24, 2.45) is 11.8 Å². The minimum Gasteiger partial charge on any atom is -0.293 e. The Bertz CT molecular complexity index is 217. The Balaban J connectivity index is 3.95. The average Bonchev–Trinajstić information content (AvgIpc) is 2.00. The minimum atomic E-state index is -0.340. The first-order valence-corrected chi connectivity index (χ1v) is 4.46. The molecule has 0 rings (SSSR count). The van der Waals surface area contributed by atoms with Crippen LogP contribution in [0.5, 0.6) is 0 Å². The van der Waals surface area contributed by atoms with Crippen molar-refractivity contribution < 1.29 is 9.59 Å². The number of amides is 2. The molecule has 0 unspecified atom stereocenters. The molecule has 0 aromatic carbocycles. The molecule has 0 saturated heterocycles. The third kappa shape index (κ3) is 6.08. The number of carbonyl (C=O) groups is 2. The molecular formula is C10H17NO2. The standard InChI is InChI=1S/C10H17NO2/c1-7(2)5-6-9(12)11-10(13)8(3)4/h5-8H,1-4H3,(H,11,12,13)/b6-5+. The molecule has 0 atom stereocenters. The lowest BCUT2D eigenvalue weighted by molar-refractivity contribution is -0.130. The van der Waals surface area contributed by atoms with Gasteiger partial charge in [-0.05, 0) is 12.0 Å². The number of hydrogen-bond acceptors (Lipinski definition) is 2. The summed E-state index contributed by atoms with van der Waals surface area (Å²) in [6.07, 6.45) is 3.15. The molecule has 0 aromatic rings. The third-order valence-corrected chi connectivity index (χ3v) is 1.40. The van der Waals surface area contributed by atoms with Crippen LogP contribution in [-0.4, -0.2) is 11.8 Å². The summed E-state index contributed by atoms with van der Waals surface area (Å²) in [5.41, 5.74) is 0. The summed E-state index contributed by atoms with van der Waals surface area (Å²) < 4.78 is 0. The number of allylic oxidation sites excluding steroid dienone is 1. The molecule has 0 aromatic heterocycles. The quantitative estimate of drug-likeness (QED) is 0.674. The summed E-state index contributed by atoms with van der Waals surface area (Å²) in [7, 11) is 0. The van der Waals surface area contributed by atoms with Gasteiger partial charge in [0.1, 0.15) is 0 Å². The topological polar surface area (TPSA) is 46.2 Å². The van der Waals surface area contributed by atoms with E-state index in [4.69, 9.17) is 0 Å². The number of hydrogen-bond donors (Lipinski definition) is 1. The van der Waals surface area contributed by atoms with E-state index in [9.17, 15) is 9.59 Å². The molecule has 74 valence electrons. The molecule has 0 heterocycles. The fourth-order valence-corrected chi connectivity index (χ4v) is 0.587. The van der Waals surface area contributed by atoms with Crippen LogP contribution in [0.3, 0.4) is 0 Å². The van der Waals surface area contributed by atoms with Gasteiger partial charge in [-0.2, -0.15) is 0 Å². The first kappa shape index (κ1) is 11.9. The summed E-state index contributed by atoms with van der Waals surface area (Å²) in [6, 6.07) is 0. The normalized spacial score (nSPS) is 11.2. The molecule has 0 radical (unpaired) electrons. The highest BCUT2D eigenvalue weighted by Gasteiger charge is 2.08. The summed E-state index contributed by atoms with van der Waals surface area (Å²) in [5.74, 6) is -0.415. The molecule has 13 heavy (non-hydrogen) atoms. The number of nitrogens with one attached hydrogen (secondary N) is 1. The Morgan fingerprint density at radius 1 is 1.15 bits per heavy atom. The maximum atomic E-state index is 11.0. The summed E-state index contributed by atoms with van der Waals surface area (Å²) in [5, 5.41) is 2.27. The largest absolute Gasteiger partial charge is 0.293 e. The summed E-state index contributed by atoms with van der Waals surface area (Å²) in [4.78, 5) is 22.1. The van der Waals surface area contributed by atoms with Crippen LogP contribution in [0, 0.1) is 11.8 Å². The molecule has 0 aliphatic heterocycles. The van der Waals surface area contributed by atoms with Gasteiger partial charge in [0.15, 0.2) is 0 Å². The van der Waals surface area contributed by atoms with Gasteiger partial charge in [-0.1, -0.05) is 33.8 Å². The second kappa shape index (κ2) is 5.51. The first-order valence-electron chi connectivity index (χ1n) is 4.46. The van der Waals surface area contributed by atoms with Crippen LogP contribution in [0.4, 0.5) is 0 Å². The van der Waals surface area contributed by atoms with E-state index in [1.807, 2.05) is 13.8 Å². The van der Waals surface area contributed by atoms with Crippen LogP contribution in [0.25, 0.3) is 0 Å². The SMILES string of the molecule is CC(C)/C=C/C(=O)NC(=O)C(C)C. The van der Waals surface area contributed by atoms with E-state index < -0.39 is 0 Å². The smallest absolute Gasteiger partial charge is 0.250 e. The van der Waals surface area contributed by atoms with Crippen molar-refractivity contribution in [2.45, 2.75) is 27.7 Å². The van der Waals surface area contributed by atoms with E-state index in [1.54, 1.807) is 19.9 Å². The predicted octanol–water partition coefficient (Wildman–Crippen LogP) is 1.50. The first-order chi connectivity index (χ1) is 5.93. The lowest BCUT2D eigenvalue weighted by Gasteiger charge is -2.03. The zero-order valence-electron chi connectivity index (χ0n) is 8.63. The maximum absolute atomic E-state index is 11.0. The van der Waals surface area contributed by atoms with Crippen molar-refractivity contribution in [3.8, 4) is 0 Å². The zero-order chi connectivity index (χ0) is 10.4. The van der Waals surface area contributed by atoms with Crippen LogP contribution in [0.15, 0.2) is 12.2 Å². The molecule has 2 amide bonds. The Labute approximate surface area is 79.2 Å². The van der Waals surface area contributed by atoms with Crippen molar-refractivity contribution >= 4 is 11.8 Å². The molecule has 0 spiro atoms. The maximum Gasteiger partial charge on any atom is 0.250 e. The van der Waals surface area contributed by atoms with Crippen LogP contribution >= 0.6 is 0 Å². The van der Waals surface area contributed by atoms with Gasteiger partial charge in [-0.3, -0.25) is 14.9 Å². The van der Waals surface area contributed by atoms with Gasteiger partial charge in [-0.15, -0.1) is 0 Å². The van der Waals surface area contributed by atoms with Gasteiger partial charge >= 0.3 is 0 Å². The van der Waals surface area contributed by atoms with Crippen molar-refractivity contribution in [2.75, 3.05) is 0 Å². The van der Waals surface area contributed by atoms with Crippen LogP contribution < -0.4 is 5.32 Å². The van der Waals surface area contributed by atoms with Crippen LogP contribution in [-0.2, 0) is 9.59 Å². The predicted molar refractivity (Wildman–Crippen MR) is 52.0 cm³/mol. The lowest BCUT2D eigenvalue weighted by Crippen LogP contribution is -2.32. The van der Waals surface area contributed by atoms with E-state index in [1.165, 1.54) is 6.08 Å². The highest BCUT2D eigenvalue weighted by Crippen LogP contribution is 1.94. The Morgan fingerprint density at radius 3 is 2.08 bits per heavy atom. The van der Waals surface area contributed by atoms with Gasteiger partial charge in [0, 0.05) is 5.92 Å². The minimum absolute atomic E-state index is 0.156. The van der Waals surface area contributed by atoms with Crippen molar-refractivity contribution in [3.63, 3.8) is 0 Å². The number of imide groups is 1. The molecule has 0 aliphatic rings. The lowest BCUT2D eigenvalue weighted by atomic mass is 10.2. The molecule has 3 heteroatoms. The Kier molecular flexibility index (Phi) is 5.04. The highest BCUT2D eigenvalue weighted by atomic mass is 16.2. The fraction of sp³-hybridized carbons (Fsp3) is 0.600. The molecule has 0 aliphatic carbocycles. The molecule has 0 fully saturated rings. The van der Waals surface area contributed by atoms with Gasteiger partial charge < -0.3 is 0 Å².